The minimum absolute atomic E-state index is 0. The van der Waals surface area contributed by atoms with Crippen molar-refractivity contribution in [2.45, 2.75) is 58.6 Å². The number of aromatic amines is 4. The number of aryl methyl sites for hydroxylation is 3. The molecular formula is C19H20N14S18. The Labute approximate surface area is 367 Å². The van der Waals surface area contributed by atoms with Gasteiger partial charge in [0.15, 0.2) is 46.2 Å². The Hall–Kier alpha value is 0.250. The molecule has 0 spiro atoms. The van der Waals surface area contributed by atoms with Crippen molar-refractivity contribution < 1.29 is 0 Å². The maximum Gasteiger partial charge on any atom is 0.198 e. The number of fused-ring (bicyclic) bond motifs is 4. The van der Waals surface area contributed by atoms with Gasteiger partial charge in [0.2, 0.25) is 0 Å². The molecule has 51 heavy (non-hydrogen) atoms. The third kappa shape index (κ3) is 18.2. The number of nitrogens with zero attached hydrogens (tertiary/aromatic N) is 10. The number of hydrogen-bond donors (Lipinski definition) is 4. The normalized spacial score (nSPS) is 11.2. The second-order valence-corrected chi connectivity index (χ2v) is 26.2. The lowest BCUT2D eigenvalue weighted by Crippen LogP contribution is -1.71. The van der Waals surface area contributed by atoms with E-state index in [1.165, 1.54) is 45.5 Å². The molecule has 1 aliphatic rings. The fourth-order valence-corrected chi connectivity index (χ4v) is 16.3. The van der Waals surface area contributed by atoms with Crippen LogP contribution in [0.3, 0.4) is 0 Å². The average molecular weight is 1020 g/mol. The van der Waals surface area contributed by atoms with Crippen molar-refractivity contribution in [1.29, 1.82) is 0 Å². The Morgan fingerprint density at radius 2 is 1.02 bits per heavy atom. The number of rotatable bonds is 4. The summed E-state index contributed by atoms with van der Waals surface area (Å²) in [4.78, 5) is 3.89. The van der Waals surface area contributed by atoms with Crippen molar-refractivity contribution >= 4 is 205 Å². The summed E-state index contributed by atoms with van der Waals surface area (Å²) in [7, 11) is 9.45. The standard InChI is InChI=1S/C5H4N4S5.C4N4S6.C3H4N2S3.2C3H4N2S2.CH4/c1-2-6-8-4(11-2)13-14-5-9-7-3(10)12-5;5-1-9-2(6-5)13-14-4-8-7-3(10-4)12-11-1;1-7-3-5-4-2(6)8-3;1-2-4-5-3(6)7-2;1-2-4-3(6)7-5-2;/h1H3,(H,7,10);;1H3,(H,4,6);1H3,(H,5,6);1H3,(H,4,5,6);1H4. The van der Waals surface area contributed by atoms with Crippen molar-refractivity contribution in [3.63, 3.8) is 0 Å². The number of hydrogen-bond acceptors (Lipinski definition) is 28. The average Bonchev–Trinajstić information content (AvgIpc) is 3.94. The van der Waals surface area contributed by atoms with Gasteiger partial charge in [0.1, 0.15) is 15.8 Å². The maximum atomic E-state index is 4.92. The minimum atomic E-state index is 0. The predicted molar refractivity (Wildman–Crippen MR) is 237 cm³/mol. The molecule has 0 radical (unpaired) electrons. The first-order valence-corrected chi connectivity index (χ1v) is 27.3. The van der Waals surface area contributed by atoms with Gasteiger partial charge < -0.3 is 0 Å². The van der Waals surface area contributed by atoms with Crippen molar-refractivity contribution in [1.82, 2.24) is 70.5 Å². The third-order valence-electron chi connectivity index (χ3n) is 3.94. The molecule has 0 amide bonds. The Kier molecular flexibility index (Phi) is 22.1. The first kappa shape index (κ1) is 45.6. The maximum absolute atomic E-state index is 4.92. The first-order valence-electron chi connectivity index (χ1n) is 12.2. The van der Waals surface area contributed by atoms with Crippen molar-refractivity contribution in [3.05, 3.63) is 31.7 Å². The van der Waals surface area contributed by atoms with Gasteiger partial charge in [0.25, 0.3) is 0 Å². The Morgan fingerprint density at radius 3 is 1.31 bits per heavy atom. The summed E-state index contributed by atoms with van der Waals surface area (Å²) < 4.78 is 12.5. The van der Waals surface area contributed by atoms with Gasteiger partial charge in [-0.25, -0.2) is 4.98 Å². The molecule has 0 aromatic carbocycles. The summed E-state index contributed by atoms with van der Waals surface area (Å²) in [5.41, 5.74) is 0. The molecule has 7 aromatic rings. The van der Waals surface area contributed by atoms with Crippen LogP contribution in [0.5, 0.6) is 0 Å². The zero-order chi connectivity index (χ0) is 35.9. The lowest BCUT2D eigenvalue weighted by Gasteiger charge is -1.91. The van der Waals surface area contributed by atoms with Gasteiger partial charge in [-0.05, 0) is 152 Å². The van der Waals surface area contributed by atoms with E-state index in [2.05, 4.69) is 70.5 Å². The van der Waals surface area contributed by atoms with E-state index in [0.717, 1.165) is 54.1 Å². The SMILES string of the molecule is C.CSc1n[nH]c(=S)s1.Cc1n[nH]c(=S)s1.Cc1nc(=S)s[nH]1.Cc1nnc(SSc2n[nH]c(=S)s2)s1.n1nc2sc1SSc1nnc(s1)SS2. The minimum Gasteiger partial charge on any atom is -0.297 e. The van der Waals surface area contributed by atoms with E-state index in [4.69, 9.17) is 48.9 Å². The van der Waals surface area contributed by atoms with Crippen molar-refractivity contribution in [2.24, 2.45) is 0 Å². The number of H-pyrrole nitrogens is 4. The molecule has 14 nitrogen and oxygen atoms in total. The van der Waals surface area contributed by atoms with E-state index in [0.29, 0.717) is 7.91 Å². The monoisotopic (exact) mass is 1020 g/mol. The molecule has 1 aliphatic heterocycles. The molecule has 0 saturated carbocycles. The summed E-state index contributed by atoms with van der Waals surface area (Å²) in [6, 6.07) is 0. The summed E-state index contributed by atoms with van der Waals surface area (Å²) in [6.45, 7) is 5.73. The van der Waals surface area contributed by atoms with Crippen LogP contribution in [0.1, 0.15) is 23.3 Å². The summed E-state index contributed by atoms with van der Waals surface area (Å²) in [5, 5.41) is 45.9. The molecule has 8 heterocycles. The molecule has 8 rings (SSSR count). The largest absolute Gasteiger partial charge is 0.297 e. The van der Waals surface area contributed by atoms with Gasteiger partial charge in [-0.15, -0.1) is 30.6 Å². The molecule has 4 bridgehead atoms. The second-order valence-electron chi connectivity index (χ2n) is 7.52. The van der Waals surface area contributed by atoms with Crippen LogP contribution in [0.2, 0.25) is 0 Å². The molecule has 0 atom stereocenters. The summed E-state index contributed by atoms with van der Waals surface area (Å²) >= 11 is 31.4. The molecule has 32 heteroatoms. The molecule has 274 valence electrons. The molecule has 0 unspecified atom stereocenters. The van der Waals surface area contributed by atoms with Gasteiger partial charge in [0, 0.05) is 0 Å². The highest BCUT2D eigenvalue weighted by Gasteiger charge is 2.14. The van der Waals surface area contributed by atoms with E-state index in [-0.39, 0.29) is 7.43 Å². The van der Waals surface area contributed by atoms with Crippen molar-refractivity contribution in [2.75, 3.05) is 6.26 Å². The van der Waals surface area contributed by atoms with E-state index in [1.807, 2.05) is 27.0 Å². The van der Waals surface area contributed by atoms with Gasteiger partial charge in [0.05, 0.1) is 0 Å². The van der Waals surface area contributed by atoms with Crippen LogP contribution in [0.4, 0.5) is 0 Å². The summed E-state index contributed by atoms with van der Waals surface area (Å²) in [5.74, 6) is 0.898. The van der Waals surface area contributed by atoms with Gasteiger partial charge in [-0.2, -0.15) is 15.3 Å². The van der Waals surface area contributed by atoms with Gasteiger partial charge in [-0.1, -0.05) is 87.2 Å². The van der Waals surface area contributed by atoms with Crippen LogP contribution in [-0.4, -0.2) is 76.8 Å². The van der Waals surface area contributed by atoms with Gasteiger partial charge >= 0.3 is 0 Å². The number of nitrogens with one attached hydrogen (secondary N) is 4. The smallest absolute Gasteiger partial charge is 0.198 e. The van der Waals surface area contributed by atoms with E-state index in [1.54, 1.807) is 111 Å². The third-order valence-corrected chi connectivity index (χ3v) is 20.7. The molecule has 4 N–H and O–H groups in total. The van der Waals surface area contributed by atoms with Crippen LogP contribution in [0, 0.1) is 36.6 Å². The van der Waals surface area contributed by atoms with E-state index in [9.17, 15) is 0 Å². The van der Waals surface area contributed by atoms with Crippen molar-refractivity contribution in [3.8, 4) is 0 Å². The lowest BCUT2D eigenvalue weighted by atomic mass is 10.8. The fraction of sp³-hybridized carbons (Fsp3) is 0.263. The quantitative estimate of drug-likeness (QED) is 0.0738. The summed E-state index contributed by atoms with van der Waals surface area (Å²) in [6.07, 6.45) is 1.97. The second kappa shape index (κ2) is 24.7. The predicted octanol–water partition coefficient (Wildman–Crippen LogP) is 12.0. The van der Waals surface area contributed by atoms with Crippen LogP contribution in [0.15, 0.2) is 30.4 Å². The molecular weight excluding hydrogens is 1000 g/mol. The first-order chi connectivity index (χ1) is 24.0. The number of thioether (sulfide) groups is 1. The van der Waals surface area contributed by atoms with E-state index >= 15 is 0 Å². The van der Waals surface area contributed by atoms with Crippen LogP contribution >= 0.6 is 205 Å². The lowest BCUT2D eigenvalue weighted by molar-refractivity contribution is 0.954. The molecule has 7 aromatic heterocycles. The van der Waals surface area contributed by atoms with Gasteiger partial charge in [-0.3, -0.25) is 19.7 Å². The Morgan fingerprint density at radius 1 is 0.529 bits per heavy atom. The van der Waals surface area contributed by atoms with E-state index < -0.39 is 0 Å². The highest BCUT2D eigenvalue weighted by atomic mass is 33.1. The molecule has 0 aliphatic carbocycles. The highest BCUT2D eigenvalue weighted by molar-refractivity contribution is 8.78. The fourth-order valence-electron chi connectivity index (χ4n) is 2.21. The molecule has 0 saturated heterocycles. The van der Waals surface area contributed by atoms with Crippen LogP contribution in [0.25, 0.3) is 0 Å². The number of aromatic nitrogens is 14. The van der Waals surface area contributed by atoms with Crippen LogP contribution in [-0.2, 0) is 0 Å². The Bertz CT molecular complexity index is 2110. The van der Waals surface area contributed by atoms with Crippen LogP contribution < -0.4 is 0 Å². The topological polar surface area (TPSA) is 192 Å². The highest BCUT2D eigenvalue weighted by Crippen LogP contribution is 2.48. The Balaban J connectivity index is 0.000000178. The zero-order valence-electron chi connectivity index (χ0n) is 24.8. The zero-order valence-corrected chi connectivity index (χ0v) is 39.5. The molecule has 0 fully saturated rings.